The molecular weight excluding hydrogens is 270 g/mol. The van der Waals surface area contributed by atoms with Crippen LogP contribution in [0.3, 0.4) is 0 Å². The van der Waals surface area contributed by atoms with Gasteiger partial charge in [0.1, 0.15) is 0 Å². The van der Waals surface area contributed by atoms with Crippen molar-refractivity contribution in [2.75, 3.05) is 11.9 Å². The Kier molecular flexibility index (Phi) is 5.47. The summed E-state index contributed by atoms with van der Waals surface area (Å²) in [6.45, 7) is 2.92. The highest BCUT2D eigenvalue weighted by molar-refractivity contribution is 7.99. The van der Waals surface area contributed by atoms with Crippen molar-refractivity contribution in [1.82, 2.24) is 0 Å². The van der Waals surface area contributed by atoms with E-state index in [0.717, 1.165) is 33.2 Å². The Morgan fingerprint density at radius 1 is 0.950 bits per heavy atom. The molecule has 106 valence electrons. The normalized spacial score (nSPS) is 10.6. The molecular formula is C16H19NO2S. The lowest BCUT2D eigenvalue weighted by Crippen LogP contribution is -1.98. The monoisotopic (exact) mass is 289 g/mol. The van der Waals surface area contributed by atoms with Gasteiger partial charge in [0.05, 0.1) is 13.2 Å². The summed E-state index contributed by atoms with van der Waals surface area (Å²) in [7, 11) is 0. The van der Waals surface area contributed by atoms with Crippen LogP contribution in [-0.2, 0) is 13.2 Å². The minimum absolute atomic E-state index is 0.00284. The minimum atomic E-state index is 0.00284. The van der Waals surface area contributed by atoms with E-state index in [9.17, 15) is 10.2 Å². The highest BCUT2D eigenvalue weighted by Crippen LogP contribution is 2.34. The van der Waals surface area contributed by atoms with Gasteiger partial charge in [-0.25, -0.2) is 0 Å². The van der Waals surface area contributed by atoms with Gasteiger partial charge in [0.25, 0.3) is 0 Å². The Bertz CT molecular complexity index is 572. The summed E-state index contributed by atoms with van der Waals surface area (Å²) in [6.07, 6.45) is 0. The van der Waals surface area contributed by atoms with Crippen molar-refractivity contribution in [2.24, 2.45) is 0 Å². The van der Waals surface area contributed by atoms with Gasteiger partial charge >= 0.3 is 0 Å². The first-order valence-corrected chi connectivity index (χ1v) is 7.44. The molecule has 0 aliphatic rings. The second-order valence-electron chi connectivity index (χ2n) is 4.38. The van der Waals surface area contributed by atoms with Crippen LogP contribution >= 0.6 is 11.8 Å². The third-order valence-electron chi connectivity index (χ3n) is 2.97. The number of benzene rings is 2. The molecule has 4 heteroatoms. The Morgan fingerprint density at radius 2 is 1.65 bits per heavy atom. The van der Waals surface area contributed by atoms with Crippen LogP contribution in [0.2, 0.25) is 0 Å². The van der Waals surface area contributed by atoms with Gasteiger partial charge in [-0.3, -0.25) is 0 Å². The molecule has 0 spiro atoms. The molecule has 0 saturated heterocycles. The maximum absolute atomic E-state index is 9.53. The van der Waals surface area contributed by atoms with E-state index < -0.39 is 0 Å². The second-order valence-corrected chi connectivity index (χ2v) is 5.46. The summed E-state index contributed by atoms with van der Waals surface area (Å²) in [5.74, 6) is 0. The predicted octanol–water partition coefficient (Wildman–Crippen LogP) is 3.25. The van der Waals surface area contributed by atoms with E-state index >= 15 is 0 Å². The Hall–Kier alpha value is -1.49. The quantitative estimate of drug-likeness (QED) is 0.764. The number of hydrogen-bond donors (Lipinski definition) is 3. The van der Waals surface area contributed by atoms with Gasteiger partial charge in [-0.15, -0.1) is 0 Å². The molecule has 2 aromatic carbocycles. The maximum atomic E-state index is 9.53. The van der Waals surface area contributed by atoms with Crippen LogP contribution in [-0.4, -0.2) is 16.8 Å². The van der Waals surface area contributed by atoms with Gasteiger partial charge in [0.2, 0.25) is 0 Å². The maximum Gasteiger partial charge on any atom is 0.0693 e. The van der Waals surface area contributed by atoms with Gasteiger partial charge in [-0.05, 0) is 42.3 Å². The Labute approximate surface area is 123 Å². The fourth-order valence-corrected chi connectivity index (χ4v) is 3.01. The van der Waals surface area contributed by atoms with Crippen molar-refractivity contribution in [2.45, 2.75) is 29.9 Å². The molecule has 0 aliphatic heterocycles. The topological polar surface area (TPSA) is 52.5 Å². The van der Waals surface area contributed by atoms with Crippen molar-refractivity contribution in [1.29, 1.82) is 0 Å². The molecule has 3 N–H and O–H groups in total. The Balaban J connectivity index is 2.28. The van der Waals surface area contributed by atoms with E-state index in [0.29, 0.717) is 0 Å². The highest BCUT2D eigenvalue weighted by atomic mass is 32.2. The average molecular weight is 289 g/mol. The van der Waals surface area contributed by atoms with Gasteiger partial charge < -0.3 is 15.5 Å². The second kappa shape index (κ2) is 7.33. The van der Waals surface area contributed by atoms with Crippen molar-refractivity contribution >= 4 is 17.4 Å². The zero-order valence-electron chi connectivity index (χ0n) is 11.5. The summed E-state index contributed by atoms with van der Waals surface area (Å²) in [4.78, 5) is 2.02. The van der Waals surface area contributed by atoms with Crippen molar-refractivity contribution < 1.29 is 10.2 Å². The standard InChI is InChI=1S/C16H19NO2S/c1-2-17-14-7-8-16(13(9-14)11-19)20-15-6-4-3-5-12(15)10-18/h3-9,17-19H,2,10-11H2,1H3. The third-order valence-corrected chi connectivity index (χ3v) is 4.21. The molecule has 0 radical (unpaired) electrons. The molecule has 3 nitrogen and oxygen atoms in total. The first kappa shape index (κ1) is 14.9. The number of hydrogen-bond acceptors (Lipinski definition) is 4. The van der Waals surface area contributed by atoms with Gasteiger partial charge in [0.15, 0.2) is 0 Å². The largest absolute Gasteiger partial charge is 0.392 e. The summed E-state index contributed by atoms with van der Waals surface area (Å²) in [5, 5.41) is 22.1. The summed E-state index contributed by atoms with van der Waals surface area (Å²) in [5.41, 5.74) is 2.80. The fourth-order valence-electron chi connectivity index (χ4n) is 1.97. The fraction of sp³-hybridized carbons (Fsp3) is 0.250. The zero-order valence-corrected chi connectivity index (χ0v) is 12.3. The molecule has 0 bridgehead atoms. The molecule has 0 heterocycles. The SMILES string of the molecule is CCNc1ccc(Sc2ccccc2CO)c(CO)c1. The average Bonchev–Trinajstić information content (AvgIpc) is 2.49. The smallest absolute Gasteiger partial charge is 0.0693 e. The van der Waals surface area contributed by atoms with Gasteiger partial charge in [-0.1, -0.05) is 30.0 Å². The lowest BCUT2D eigenvalue weighted by molar-refractivity contribution is 0.278. The molecule has 0 unspecified atom stereocenters. The number of nitrogens with one attached hydrogen (secondary N) is 1. The van der Waals surface area contributed by atoms with Crippen LogP contribution in [0.15, 0.2) is 52.3 Å². The molecule has 0 atom stereocenters. The lowest BCUT2D eigenvalue weighted by atomic mass is 10.2. The predicted molar refractivity (Wildman–Crippen MR) is 83.0 cm³/mol. The first-order valence-electron chi connectivity index (χ1n) is 6.62. The van der Waals surface area contributed by atoms with Gasteiger partial charge in [-0.2, -0.15) is 0 Å². The van der Waals surface area contributed by atoms with Crippen LogP contribution in [0.5, 0.6) is 0 Å². The van der Waals surface area contributed by atoms with Crippen LogP contribution < -0.4 is 5.32 Å². The number of rotatable bonds is 6. The van der Waals surface area contributed by atoms with Crippen molar-refractivity contribution in [3.8, 4) is 0 Å². The van der Waals surface area contributed by atoms with Crippen molar-refractivity contribution in [3.05, 3.63) is 53.6 Å². The summed E-state index contributed by atoms with van der Waals surface area (Å²) < 4.78 is 0. The van der Waals surface area contributed by atoms with E-state index in [2.05, 4.69) is 5.32 Å². The molecule has 0 saturated carbocycles. The summed E-state index contributed by atoms with van der Waals surface area (Å²) in [6, 6.07) is 13.7. The minimum Gasteiger partial charge on any atom is -0.392 e. The molecule has 0 aliphatic carbocycles. The highest BCUT2D eigenvalue weighted by Gasteiger charge is 2.08. The number of aliphatic hydroxyl groups excluding tert-OH is 2. The van der Waals surface area contributed by atoms with E-state index in [1.807, 2.05) is 49.4 Å². The number of aliphatic hydroxyl groups is 2. The van der Waals surface area contributed by atoms with Gasteiger partial charge in [0, 0.05) is 22.0 Å². The van der Waals surface area contributed by atoms with Crippen LogP contribution in [0.1, 0.15) is 18.1 Å². The first-order chi connectivity index (χ1) is 9.78. The summed E-state index contributed by atoms with van der Waals surface area (Å²) >= 11 is 1.57. The van der Waals surface area contributed by atoms with Crippen molar-refractivity contribution in [3.63, 3.8) is 0 Å². The molecule has 2 aromatic rings. The van der Waals surface area contributed by atoms with Crippen LogP contribution in [0.4, 0.5) is 5.69 Å². The molecule has 20 heavy (non-hydrogen) atoms. The van der Waals surface area contributed by atoms with Crippen LogP contribution in [0.25, 0.3) is 0 Å². The third kappa shape index (κ3) is 3.54. The van der Waals surface area contributed by atoms with E-state index in [1.165, 1.54) is 0 Å². The lowest BCUT2D eigenvalue weighted by Gasteiger charge is -2.12. The molecule has 0 aromatic heterocycles. The van der Waals surface area contributed by atoms with E-state index in [-0.39, 0.29) is 13.2 Å². The Morgan fingerprint density at radius 3 is 2.35 bits per heavy atom. The molecule has 2 rings (SSSR count). The van der Waals surface area contributed by atoms with E-state index in [4.69, 9.17) is 0 Å². The number of anilines is 1. The molecule has 0 amide bonds. The molecule has 0 fully saturated rings. The zero-order chi connectivity index (χ0) is 14.4. The van der Waals surface area contributed by atoms with E-state index in [1.54, 1.807) is 11.8 Å². The van der Waals surface area contributed by atoms with Crippen LogP contribution in [0, 0.1) is 0 Å².